The van der Waals surface area contributed by atoms with Crippen LogP contribution < -0.4 is 15.8 Å². The van der Waals surface area contributed by atoms with Gasteiger partial charge in [-0.15, -0.1) is 21.5 Å². The maximum atomic E-state index is 12.8. The van der Waals surface area contributed by atoms with Gasteiger partial charge in [0.05, 0.1) is 35.0 Å². The van der Waals surface area contributed by atoms with Crippen molar-refractivity contribution in [2.45, 2.75) is 39.4 Å². The van der Waals surface area contributed by atoms with Gasteiger partial charge in [-0.2, -0.15) is 0 Å². The maximum Gasteiger partial charge on any atom is 0.341 e. The summed E-state index contributed by atoms with van der Waals surface area (Å²) in [6.07, 6.45) is 0. The van der Waals surface area contributed by atoms with Crippen molar-refractivity contribution in [3.63, 3.8) is 0 Å². The molecule has 0 fully saturated rings. The van der Waals surface area contributed by atoms with Crippen molar-refractivity contribution in [2.24, 2.45) is 5.73 Å². The van der Waals surface area contributed by atoms with Gasteiger partial charge in [-0.25, -0.2) is 4.79 Å². The molecule has 2 aromatic heterocycles. The van der Waals surface area contributed by atoms with E-state index >= 15 is 0 Å². The number of anilines is 1. The molecule has 0 saturated carbocycles. The third kappa shape index (κ3) is 5.82. The van der Waals surface area contributed by atoms with Crippen molar-refractivity contribution >= 4 is 45.9 Å². The molecule has 0 radical (unpaired) electrons. The lowest BCUT2D eigenvalue weighted by atomic mass is 10.1. The molecule has 35 heavy (non-hydrogen) atoms. The van der Waals surface area contributed by atoms with Crippen LogP contribution in [0.25, 0.3) is 11.4 Å². The van der Waals surface area contributed by atoms with E-state index in [1.54, 1.807) is 13.8 Å². The van der Waals surface area contributed by atoms with Gasteiger partial charge in [-0.05, 0) is 45.4 Å². The van der Waals surface area contributed by atoms with Gasteiger partial charge in [0.25, 0.3) is 5.91 Å². The Morgan fingerprint density at radius 1 is 1.14 bits per heavy atom. The van der Waals surface area contributed by atoms with E-state index in [2.05, 4.69) is 15.5 Å². The Morgan fingerprint density at radius 3 is 2.54 bits per heavy atom. The van der Waals surface area contributed by atoms with Crippen molar-refractivity contribution in [1.29, 1.82) is 0 Å². The van der Waals surface area contributed by atoms with Crippen LogP contribution in [-0.4, -0.2) is 51.5 Å². The van der Waals surface area contributed by atoms with Crippen LogP contribution in [0.5, 0.6) is 5.75 Å². The second-order valence-electron chi connectivity index (χ2n) is 7.16. The van der Waals surface area contributed by atoms with Crippen molar-refractivity contribution < 1.29 is 23.9 Å². The monoisotopic (exact) mass is 517 g/mol. The number of thioether (sulfide) groups is 1. The van der Waals surface area contributed by atoms with Gasteiger partial charge >= 0.3 is 5.97 Å². The first-order valence-electron chi connectivity index (χ1n) is 11.0. The minimum absolute atomic E-state index is 0.0103. The highest BCUT2D eigenvalue weighted by atomic mass is 32.2. The number of hydrogen-bond donors (Lipinski definition) is 2. The molecule has 0 atom stereocenters. The van der Waals surface area contributed by atoms with E-state index in [-0.39, 0.29) is 33.7 Å². The Balaban J connectivity index is 1.79. The smallest absolute Gasteiger partial charge is 0.341 e. The molecule has 186 valence electrons. The molecule has 3 aromatic rings. The van der Waals surface area contributed by atoms with Gasteiger partial charge < -0.3 is 25.1 Å². The second-order valence-corrected chi connectivity index (χ2v) is 9.12. The molecule has 0 bridgehead atoms. The molecule has 3 rings (SSSR count). The number of primary amides is 1. The van der Waals surface area contributed by atoms with Gasteiger partial charge in [0.15, 0.2) is 11.0 Å². The summed E-state index contributed by atoms with van der Waals surface area (Å²) in [5.41, 5.74) is 6.75. The molecule has 2 heterocycles. The number of amides is 2. The zero-order valence-corrected chi connectivity index (χ0v) is 21.5. The first-order valence-corrected chi connectivity index (χ1v) is 12.8. The zero-order valence-electron chi connectivity index (χ0n) is 19.9. The summed E-state index contributed by atoms with van der Waals surface area (Å²) in [7, 11) is 0. The van der Waals surface area contributed by atoms with Crippen LogP contribution in [0.2, 0.25) is 0 Å². The lowest BCUT2D eigenvalue weighted by Crippen LogP contribution is -2.17. The maximum absolute atomic E-state index is 12.8. The van der Waals surface area contributed by atoms with E-state index in [9.17, 15) is 14.4 Å². The van der Waals surface area contributed by atoms with Crippen LogP contribution in [0.4, 0.5) is 5.00 Å². The predicted molar refractivity (Wildman–Crippen MR) is 135 cm³/mol. The Bertz CT molecular complexity index is 1240. The molecular weight excluding hydrogens is 490 g/mol. The Hall–Kier alpha value is -3.38. The number of nitrogens with zero attached hydrogens (tertiary/aromatic N) is 3. The Kier molecular flexibility index (Phi) is 8.88. The zero-order chi connectivity index (χ0) is 25.5. The molecular formula is C23H27N5O5S2. The number of ether oxygens (including phenoxy) is 2. The average molecular weight is 518 g/mol. The summed E-state index contributed by atoms with van der Waals surface area (Å²) in [5, 5.41) is 12.1. The van der Waals surface area contributed by atoms with Crippen molar-refractivity contribution in [3.8, 4) is 17.1 Å². The van der Waals surface area contributed by atoms with Gasteiger partial charge in [0.2, 0.25) is 5.91 Å². The third-order valence-electron chi connectivity index (χ3n) is 4.90. The Labute approximate surface area is 211 Å². The van der Waals surface area contributed by atoms with Crippen molar-refractivity contribution in [1.82, 2.24) is 14.8 Å². The normalized spacial score (nSPS) is 10.7. The number of carbonyl (C=O) groups excluding carboxylic acids is 3. The molecule has 0 aliphatic carbocycles. The molecule has 1 aromatic carbocycles. The van der Waals surface area contributed by atoms with E-state index in [0.717, 1.165) is 16.9 Å². The van der Waals surface area contributed by atoms with Crippen LogP contribution in [0.1, 0.15) is 46.4 Å². The minimum atomic E-state index is -0.677. The highest BCUT2D eigenvalue weighted by molar-refractivity contribution is 7.99. The number of benzene rings is 1. The standard InChI is InChI=1S/C23H27N5O5S2/c1-5-28-20(14-10-8-9-11-15(14)32-6-2)26-27-23(28)34-12-16(29)25-21-17(22(31)33-7-3)13(4)18(35-21)19(24)30/h8-11H,5-7,12H2,1-4H3,(H2,24,30)(H,25,29). The van der Waals surface area contributed by atoms with Crippen LogP contribution >= 0.6 is 23.1 Å². The summed E-state index contributed by atoms with van der Waals surface area (Å²) in [6, 6.07) is 7.58. The van der Waals surface area contributed by atoms with Gasteiger partial charge in [-0.3, -0.25) is 9.59 Å². The number of nitrogens with one attached hydrogen (secondary N) is 1. The van der Waals surface area contributed by atoms with Crippen LogP contribution in [0, 0.1) is 6.92 Å². The fourth-order valence-corrected chi connectivity index (χ4v) is 5.26. The van der Waals surface area contributed by atoms with E-state index < -0.39 is 11.9 Å². The molecule has 10 nitrogen and oxygen atoms in total. The summed E-state index contributed by atoms with van der Waals surface area (Å²) < 4.78 is 12.7. The molecule has 2 amide bonds. The molecule has 3 N–H and O–H groups in total. The van der Waals surface area contributed by atoms with Crippen LogP contribution in [-0.2, 0) is 16.1 Å². The van der Waals surface area contributed by atoms with Crippen molar-refractivity contribution in [2.75, 3.05) is 24.3 Å². The predicted octanol–water partition coefficient (Wildman–Crippen LogP) is 3.74. The van der Waals surface area contributed by atoms with Crippen LogP contribution in [0.3, 0.4) is 0 Å². The molecule has 12 heteroatoms. The number of nitrogens with two attached hydrogens (primary N) is 1. The topological polar surface area (TPSA) is 138 Å². The highest BCUT2D eigenvalue weighted by Gasteiger charge is 2.26. The van der Waals surface area contributed by atoms with E-state index in [0.29, 0.717) is 35.4 Å². The molecule has 0 aliphatic rings. The molecule has 0 spiro atoms. The molecule has 0 saturated heterocycles. The first kappa shape index (κ1) is 26.2. The van der Waals surface area contributed by atoms with Gasteiger partial charge in [-0.1, -0.05) is 23.9 Å². The lowest BCUT2D eigenvalue weighted by Gasteiger charge is -2.11. The summed E-state index contributed by atoms with van der Waals surface area (Å²) in [6.45, 7) is 8.41. The minimum Gasteiger partial charge on any atom is -0.493 e. The number of hydrogen-bond acceptors (Lipinski definition) is 9. The summed E-state index contributed by atoms with van der Waals surface area (Å²) >= 11 is 2.16. The third-order valence-corrected chi connectivity index (χ3v) is 7.08. The number of para-hydroxylation sites is 1. The first-order chi connectivity index (χ1) is 16.8. The highest BCUT2D eigenvalue weighted by Crippen LogP contribution is 2.34. The number of thiophene rings is 1. The number of aromatic nitrogens is 3. The lowest BCUT2D eigenvalue weighted by molar-refractivity contribution is -0.113. The van der Waals surface area contributed by atoms with Crippen LogP contribution in [0.15, 0.2) is 29.4 Å². The fraction of sp³-hybridized carbons (Fsp3) is 0.348. The van der Waals surface area contributed by atoms with E-state index in [1.807, 2.05) is 42.7 Å². The van der Waals surface area contributed by atoms with E-state index in [4.69, 9.17) is 15.2 Å². The molecule has 0 unspecified atom stereocenters. The van der Waals surface area contributed by atoms with E-state index in [1.165, 1.54) is 11.8 Å². The number of esters is 1. The summed E-state index contributed by atoms with van der Waals surface area (Å²) in [5.74, 6) is -0.319. The Morgan fingerprint density at radius 2 is 1.89 bits per heavy atom. The molecule has 0 aliphatic heterocycles. The second kappa shape index (κ2) is 11.8. The number of rotatable bonds is 11. The average Bonchev–Trinajstić information content (AvgIpc) is 3.38. The van der Waals surface area contributed by atoms with Gasteiger partial charge in [0, 0.05) is 6.54 Å². The van der Waals surface area contributed by atoms with Crippen molar-refractivity contribution in [3.05, 3.63) is 40.3 Å². The number of carbonyl (C=O) groups is 3. The summed E-state index contributed by atoms with van der Waals surface area (Å²) in [4.78, 5) is 37.1. The SMILES string of the molecule is CCOC(=O)c1c(NC(=O)CSc2nnc(-c3ccccc3OCC)n2CC)sc(C(N)=O)c1C. The quantitative estimate of drug-likeness (QED) is 0.290. The largest absolute Gasteiger partial charge is 0.493 e. The van der Waals surface area contributed by atoms with Gasteiger partial charge in [0.1, 0.15) is 10.8 Å². The fourth-order valence-electron chi connectivity index (χ4n) is 3.39.